The average Bonchev–Trinajstić information content (AvgIpc) is 3.83. The molecule has 0 radical (unpaired) electrons. The van der Waals surface area contributed by atoms with Gasteiger partial charge in [-0.25, -0.2) is 19.6 Å². The van der Waals surface area contributed by atoms with Crippen LogP contribution in [0.25, 0.3) is 38.9 Å². The summed E-state index contributed by atoms with van der Waals surface area (Å²) in [6.07, 6.45) is 6.82. The van der Waals surface area contributed by atoms with Gasteiger partial charge in [0.25, 0.3) is 0 Å². The quantitative estimate of drug-likeness (QED) is 0.147. The number of pyridine rings is 1. The minimum atomic E-state index is -0.677. The molecule has 3 aliphatic heterocycles. The summed E-state index contributed by atoms with van der Waals surface area (Å²) < 4.78 is 9.61. The summed E-state index contributed by atoms with van der Waals surface area (Å²) in [6.45, 7) is 7.70. The zero-order valence-electron chi connectivity index (χ0n) is 34.8. The van der Waals surface area contributed by atoms with Crippen molar-refractivity contribution in [2.75, 3.05) is 14.2 Å². The Morgan fingerprint density at radius 3 is 1.93 bits per heavy atom. The van der Waals surface area contributed by atoms with Gasteiger partial charge in [0, 0.05) is 41.4 Å². The first-order valence-electron chi connectivity index (χ1n) is 21.1. The van der Waals surface area contributed by atoms with E-state index in [4.69, 9.17) is 24.4 Å². The highest BCUT2D eigenvalue weighted by Crippen LogP contribution is 2.53. The molecule has 0 unspecified atom stereocenters. The number of fused-ring (bicyclic) bond motifs is 3. The van der Waals surface area contributed by atoms with Crippen LogP contribution in [0.4, 0.5) is 9.59 Å². The van der Waals surface area contributed by atoms with Gasteiger partial charge in [-0.2, -0.15) is 0 Å². The summed E-state index contributed by atoms with van der Waals surface area (Å²) in [5, 5.41) is 6.52. The third-order valence-corrected chi connectivity index (χ3v) is 13.1. The van der Waals surface area contributed by atoms with Crippen LogP contribution >= 0.6 is 0 Å². The molecular formula is C46H52N8O6. The number of likely N-dealkylation sites (tertiary alicyclic amines) is 2. The number of aromatic amines is 1. The molecule has 4 fully saturated rings. The number of carbonyl (C=O) groups is 4. The van der Waals surface area contributed by atoms with E-state index in [0.29, 0.717) is 18.3 Å². The van der Waals surface area contributed by atoms with Crippen LogP contribution in [-0.2, 0) is 19.1 Å². The van der Waals surface area contributed by atoms with Crippen molar-refractivity contribution >= 4 is 46.2 Å². The monoisotopic (exact) mass is 812 g/mol. The Morgan fingerprint density at radius 2 is 1.32 bits per heavy atom. The Kier molecular flexibility index (Phi) is 10.2. The summed E-state index contributed by atoms with van der Waals surface area (Å²) in [7, 11) is 2.61. The van der Waals surface area contributed by atoms with Crippen LogP contribution < -0.4 is 10.6 Å². The maximum absolute atomic E-state index is 13.8. The Balaban J connectivity index is 0.854. The van der Waals surface area contributed by atoms with Gasteiger partial charge in [0.1, 0.15) is 17.9 Å². The fourth-order valence-electron chi connectivity index (χ4n) is 9.59. The number of alkyl carbamates (subject to hydrolysis) is 2. The maximum atomic E-state index is 13.8. The molecule has 9 rings (SSSR count). The Hall–Kier alpha value is -6.05. The van der Waals surface area contributed by atoms with Gasteiger partial charge in [-0.1, -0.05) is 64.1 Å². The SMILES string of the molecule is COC(=O)N[C@H](C(=O)N1[C@@H]2C[C@@H]2C[C@H]1C1=NC=C(c2ccc3cc(-c4ccc(-c5cnc([C@@H]6C[C@H]7C[C@H]7N6C(=O)[C@@H](NC(=O)OC)C(C)C)[nH]5)cc4)ccc3n2)C1)C(C)C. The van der Waals surface area contributed by atoms with Gasteiger partial charge in [-0.15, -0.1) is 0 Å². The molecule has 2 aliphatic carbocycles. The number of aromatic nitrogens is 3. The first-order valence-corrected chi connectivity index (χ1v) is 21.1. The molecule has 0 bridgehead atoms. The second-order valence-corrected chi connectivity index (χ2v) is 17.7. The summed E-state index contributed by atoms with van der Waals surface area (Å²) >= 11 is 0. The third-order valence-electron chi connectivity index (χ3n) is 13.1. The standard InChI is InChI=1S/C46H52N8O6/c1-23(2)40(51-45(57)59-5)43(55)53-36-17-29(36)19-38(53)34-16-31(21-47-34)33-14-12-28-15-27(11-13-32(28)49-33)25-7-9-26(10-8-25)35-22-48-42(50-35)39-20-30-18-37(30)54(39)44(56)41(24(3)4)52-46(58)60-6/h7-15,21-24,29-30,36-41H,16-20H2,1-6H3,(H,48,50)(H,51,57)(H,52,58)/t29-,30-,36-,37-,38+,39+,40+,41+/m1/s1. The van der Waals surface area contributed by atoms with E-state index in [2.05, 4.69) is 64.1 Å². The van der Waals surface area contributed by atoms with E-state index in [1.54, 1.807) is 0 Å². The highest BCUT2D eigenvalue weighted by molar-refractivity contribution is 6.04. The zero-order valence-corrected chi connectivity index (χ0v) is 34.8. The molecule has 5 aliphatic rings. The van der Waals surface area contributed by atoms with E-state index < -0.39 is 24.3 Å². The van der Waals surface area contributed by atoms with E-state index in [1.165, 1.54) is 14.2 Å². The van der Waals surface area contributed by atoms with Crippen molar-refractivity contribution in [1.29, 1.82) is 0 Å². The van der Waals surface area contributed by atoms with E-state index in [9.17, 15) is 19.2 Å². The Bertz CT molecular complexity index is 2420. The van der Waals surface area contributed by atoms with Gasteiger partial charge in [-0.05, 0) is 84.2 Å². The number of imidazole rings is 1. The van der Waals surface area contributed by atoms with Crippen LogP contribution in [-0.4, -0.2) is 98.9 Å². The molecule has 2 saturated heterocycles. The fourth-order valence-corrected chi connectivity index (χ4v) is 9.59. The van der Waals surface area contributed by atoms with Crippen molar-refractivity contribution < 1.29 is 28.7 Å². The van der Waals surface area contributed by atoms with Crippen molar-refractivity contribution in [3.8, 4) is 22.4 Å². The van der Waals surface area contributed by atoms with Crippen LogP contribution in [0.3, 0.4) is 0 Å². The van der Waals surface area contributed by atoms with Gasteiger partial charge in [0.15, 0.2) is 0 Å². The number of allylic oxidation sites excluding steroid dienone is 1. The number of ether oxygens (including phenoxy) is 2. The van der Waals surface area contributed by atoms with Crippen LogP contribution in [0.15, 0.2) is 72.0 Å². The molecule has 4 amide bonds. The molecule has 0 spiro atoms. The van der Waals surface area contributed by atoms with E-state index in [1.807, 2.05) is 56.0 Å². The number of hydrogen-bond donors (Lipinski definition) is 3. The number of H-pyrrole nitrogens is 1. The highest BCUT2D eigenvalue weighted by atomic mass is 16.5. The van der Waals surface area contributed by atoms with Crippen LogP contribution in [0.2, 0.25) is 0 Å². The molecule has 5 heterocycles. The molecule has 2 aromatic carbocycles. The molecule has 14 heteroatoms. The lowest BCUT2D eigenvalue weighted by molar-refractivity contribution is -0.137. The molecule has 14 nitrogen and oxygen atoms in total. The van der Waals surface area contributed by atoms with Crippen molar-refractivity contribution in [2.24, 2.45) is 28.7 Å². The summed E-state index contributed by atoms with van der Waals surface area (Å²) in [5.74, 6) is 1.32. The molecule has 60 heavy (non-hydrogen) atoms. The van der Waals surface area contributed by atoms with Gasteiger partial charge >= 0.3 is 12.2 Å². The minimum absolute atomic E-state index is 0.0730. The normalized spacial score (nSPS) is 24.7. The maximum Gasteiger partial charge on any atom is 0.407 e. The molecule has 8 atom stereocenters. The van der Waals surface area contributed by atoms with Crippen LogP contribution in [0.1, 0.15) is 77.4 Å². The van der Waals surface area contributed by atoms with Gasteiger partial charge < -0.3 is 34.9 Å². The average molecular weight is 813 g/mol. The summed E-state index contributed by atoms with van der Waals surface area (Å²) in [5.41, 5.74) is 7.75. The predicted molar refractivity (Wildman–Crippen MR) is 226 cm³/mol. The topological polar surface area (TPSA) is 171 Å². The number of hydrogen-bond acceptors (Lipinski definition) is 9. The lowest BCUT2D eigenvalue weighted by Gasteiger charge is -2.33. The molecule has 312 valence electrons. The van der Waals surface area contributed by atoms with Crippen molar-refractivity contribution in [2.45, 2.75) is 96.1 Å². The van der Waals surface area contributed by atoms with Crippen molar-refractivity contribution in [1.82, 2.24) is 35.4 Å². The number of rotatable bonds is 11. The van der Waals surface area contributed by atoms with E-state index in [0.717, 1.165) is 81.8 Å². The number of benzene rings is 2. The summed E-state index contributed by atoms with van der Waals surface area (Å²) in [6, 6.07) is 17.5. The number of nitrogens with one attached hydrogen (secondary N) is 3. The fraction of sp³-hybridized carbons (Fsp3) is 0.457. The van der Waals surface area contributed by atoms with Gasteiger partial charge in [-0.3, -0.25) is 14.6 Å². The molecule has 4 aromatic rings. The van der Waals surface area contributed by atoms with Crippen LogP contribution in [0, 0.1) is 23.7 Å². The Morgan fingerprint density at radius 1 is 0.733 bits per heavy atom. The van der Waals surface area contributed by atoms with E-state index in [-0.39, 0.29) is 47.8 Å². The molecule has 3 N–H and O–H groups in total. The van der Waals surface area contributed by atoms with Gasteiger partial charge in [0.2, 0.25) is 11.8 Å². The lowest BCUT2D eigenvalue weighted by Crippen LogP contribution is -2.54. The molecular weight excluding hydrogens is 761 g/mol. The van der Waals surface area contributed by atoms with Crippen molar-refractivity contribution in [3.63, 3.8) is 0 Å². The number of methoxy groups -OCH3 is 2. The number of carbonyl (C=O) groups excluding carboxylic acids is 4. The molecule has 2 aromatic heterocycles. The zero-order chi connectivity index (χ0) is 42.0. The first kappa shape index (κ1) is 39.4. The highest BCUT2D eigenvalue weighted by Gasteiger charge is 2.57. The summed E-state index contributed by atoms with van der Waals surface area (Å²) in [4.78, 5) is 73.8. The van der Waals surface area contributed by atoms with Crippen LogP contribution in [0.5, 0.6) is 0 Å². The lowest BCUT2D eigenvalue weighted by atomic mass is 9.97. The smallest absolute Gasteiger partial charge is 0.407 e. The minimum Gasteiger partial charge on any atom is -0.453 e. The van der Waals surface area contributed by atoms with Crippen molar-refractivity contribution in [3.05, 3.63) is 78.5 Å². The van der Waals surface area contributed by atoms with Gasteiger partial charge in [0.05, 0.1) is 49.4 Å². The molecule has 2 saturated carbocycles. The second-order valence-electron chi connectivity index (χ2n) is 17.7. The van der Waals surface area contributed by atoms with E-state index >= 15 is 0 Å². The number of amides is 4. The second kappa shape index (κ2) is 15.5. The largest absolute Gasteiger partial charge is 0.453 e. The number of nitrogens with zero attached hydrogens (tertiary/aromatic N) is 5. The first-order chi connectivity index (χ1) is 28.9. The Labute approximate surface area is 349 Å². The number of piperidine rings is 2. The predicted octanol–water partition coefficient (Wildman–Crippen LogP) is 6.89. The number of aliphatic imine (C=N–C) groups is 1. The third kappa shape index (κ3) is 7.30.